The topological polar surface area (TPSA) is 97.5 Å². The molecular formula is C24H29N3O3. The molecule has 0 saturated heterocycles. The number of nitrogens with zero attached hydrogens (tertiary/aromatic N) is 1. The summed E-state index contributed by atoms with van der Waals surface area (Å²) in [6.07, 6.45) is 7.21. The van der Waals surface area contributed by atoms with Gasteiger partial charge in [-0.15, -0.1) is 0 Å². The summed E-state index contributed by atoms with van der Waals surface area (Å²) in [6, 6.07) is 10.1. The van der Waals surface area contributed by atoms with E-state index in [4.69, 9.17) is 10.5 Å². The molecule has 4 bridgehead atoms. The fraction of sp³-hybridized carbons (Fsp3) is 0.500. The summed E-state index contributed by atoms with van der Waals surface area (Å²) in [6.45, 7) is 0. The van der Waals surface area contributed by atoms with Gasteiger partial charge in [-0.1, -0.05) is 12.1 Å². The number of aliphatic hydroxyl groups is 1. The monoisotopic (exact) mass is 407 g/mol. The van der Waals surface area contributed by atoms with E-state index in [1.54, 1.807) is 13.3 Å². The standard InChI is InChI=1S/C24H29N3O3/c1-30-19-4-2-3-14(8-19)7-18-9-21(20(13-26-18)23(25)28)27-22-16-5-15-6-17(22)12-24(29,10-15)11-16/h2-4,8-9,13,15-17,22,29H,5-7,10-12H2,1H3,(H2,25,28)(H,26,27)/t15?,16-,17+,22?,24?. The maximum absolute atomic E-state index is 12.1. The van der Waals surface area contributed by atoms with Crippen LogP contribution in [0.1, 0.15) is 53.7 Å². The first-order valence-electron chi connectivity index (χ1n) is 10.8. The molecule has 4 fully saturated rings. The zero-order valence-electron chi connectivity index (χ0n) is 17.3. The maximum Gasteiger partial charge on any atom is 0.252 e. The molecule has 0 spiro atoms. The number of ether oxygens (including phenoxy) is 1. The minimum atomic E-state index is -0.475. The molecule has 1 aromatic carbocycles. The molecule has 4 N–H and O–H groups in total. The van der Waals surface area contributed by atoms with Crippen LogP contribution in [0.3, 0.4) is 0 Å². The smallest absolute Gasteiger partial charge is 0.252 e. The maximum atomic E-state index is 12.1. The third kappa shape index (κ3) is 3.54. The molecule has 4 saturated carbocycles. The van der Waals surface area contributed by atoms with Gasteiger partial charge in [-0.3, -0.25) is 9.78 Å². The van der Waals surface area contributed by atoms with Gasteiger partial charge < -0.3 is 20.9 Å². The molecule has 4 aliphatic rings. The van der Waals surface area contributed by atoms with Crippen LogP contribution in [0.25, 0.3) is 0 Å². The van der Waals surface area contributed by atoms with Crippen molar-refractivity contribution >= 4 is 11.6 Å². The number of hydrogen-bond donors (Lipinski definition) is 3. The van der Waals surface area contributed by atoms with E-state index in [0.717, 1.165) is 54.8 Å². The van der Waals surface area contributed by atoms with Crippen LogP contribution < -0.4 is 15.8 Å². The number of methoxy groups -OCH3 is 1. The summed E-state index contributed by atoms with van der Waals surface area (Å²) >= 11 is 0. The van der Waals surface area contributed by atoms with Gasteiger partial charge in [0.05, 0.1) is 24.0 Å². The first kappa shape index (κ1) is 19.4. The average Bonchev–Trinajstić information content (AvgIpc) is 2.69. The Bertz CT molecular complexity index is 960. The first-order chi connectivity index (χ1) is 14.4. The lowest BCUT2D eigenvalue weighted by Crippen LogP contribution is -2.59. The van der Waals surface area contributed by atoms with Gasteiger partial charge in [-0.25, -0.2) is 0 Å². The molecule has 4 aliphatic carbocycles. The van der Waals surface area contributed by atoms with Crippen molar-refractivity contribution in [1.29, 1.82) is 0 Å². The predicted molar refractivity (Wildman–Crippen MR) is 114 cm³/mol. The van der Waals surface area contributed by atoms with Crippen LogP contribution in [0.5, 0.6) is 5.75 Å². The normalized spacial score (nSPS) is 31.5. The summed E-state index contributed by atoms with van der Waals surface area (Å²) in [4.78, 5) is 16.5. The van der Waals surface area contributed by atoms with Gasteiger partial charge >= 0.3 is 0 Å². The highest BCUT2D eigenvalue weighted by molar-refractivity contribution is 5.98. The molecule has 6 nitrogen and oxygen atoms in total. The molecule has 30 heavy (non-hydrogen) atoms. The number of benzene rings is 1. The number of hydrogen-bond acceptors (Lipinski definition) is 5. The van der Waals surface area contributed by atoms with Crippen molar-refractivity contribution in [3.8, 4) is 5.75 Å². The number of nitrogens with one attached hydrogen (secondary N) is 1. The van der Waals surface area contributed by atoms with E-state index < -0.39 is 11.5 Å². The average molecular weight is 408 g/mol. The molecule has 2 aromatic rings. The molecule has 6 rings (SSSR count). The number of aromatic nitrogens is 1. The van der Waals surface area contributed by atoms with Gasteiger partial charge in [-0.05, 0) is 73.6 Å². The molecule has 158 valence electrons. The van der Waals surface area contributed by atoms with E-state index in [2.05, 4.69) is 10.3 Å². The van der Waals surface area contributed by atoms with E-state index in [0.29, 0.717) is 29.7 Å². The van der Waals surface area contributed by atoms with Crippen molar-refractivity contribution < 1.29 is 14.6 Å². The van der Waals surface area contributed by atoms with Crippen LogP contribution in [0.15, 0.2) is 36.5 Å². The molecule has 1 amide bonds. The highest BCUT2D eigenvalue weighted by atomic mass is 16.5. The number of carbonyl (C=O) groups excluding carboxylic acids is 1. The third-order valence-electron chi connectivity index (χ3n) is 7.31. The molecule has 0 aliphatic heterocycles. The molecule has 1 heterocycles. The van der Waals surface area contributed by atoms with Crippen molar-refractivity contribution in [2.75, 3.05) is 12.4 Å². The van der Waals surface area contributed by atoms with Gasteiger partial charge in [0.25, 0.3) is 5.91 Å². The Morgan fingerprint density at radius 1 is 1.27 bits per heavy atom. The van der Waals surface area contributed by atoms with E-state index in [1.165, 1.54) is 0 Å². The zero-order chi connectivity index (χ0) is 20.9. The van der Waals surface area contributed by atoms with E-state index in [-0.39, 0.29) is 6.04 Å². The van der Waals surface area contributed by atoms with Gasteiger partial charge in [-0.2, -0.15) is 0 Å². The molecule has 5 atom stereocenters. The molecule has 6 heteroatoms. The van der Waals surface area contributed by atoms with Crippen molar-refractivity contribution in [1.82, 2.24) is 4.98 Å². The van der Waals surface area contributed by atoms with Crippen LogP contribution in [0.2, 0.25) is 0 Å². The second kappa shape index (κ2) is 7.27. The fourth-order valence-corrected chi connectivity index (χ4v) is 6.30. The van der Waals surface area contributed by atoms with Crippen molar-refractivity contribution in [3.05, 3.63) is 53.3 Å². The van der Waals surface area contributed by atoms with Crippen LogP contribution in [-0.4, -0.2) is 34.8 Å². The number of pyridine rings is 1. The highest BCUT2D eigenvalue weighted by Crippen LogP contribution is 2.56. The zero-order valence-corrected chi connectivity index (χ0v) is 17.3. The Balaban J connectivity index is 1.41. The number of amides is 1. The summed E-state index contributed by atoms with van der Waals surface area (Å²) in [5, 5.41) is 14.5. The van der Waals surface area contributed by atoms with Gasteiger partial charge in [0.1, 0.15) is 5.75 Å². The van der Waals surface area contributed by atoms with Gasteiger partial charge in [0.15, 0.2) is 0 Å². The van der Waals surface area contributed by atoms with Crippen molar-refractivity contribution in [2.45, 2.75) is 50.2 Å². The van der Waals surface area contributed by atoms with E-state index in [9.17, 15) is 9.90 Å². The number of anilines is 1. The lowest BCUT2D eigenvalue weighted by molar-refractivity contribution is -0.129. The minimum absolute atomic E-state index is 0.270. The Kier molecular flexibility index (Phi) is 4.69. The van der Waals surface area contributed by atoms with Crippen molar-refractivity contribution in [2.24, 2.45) is 23.5 Å². The van der Waals surface area contributed by atoms with Crippen LogP contribution in [0, 0.1) is 17.8 Å². The van der Waals surface area contributed by atoms with E-state index in [1.807, 2.05) is 30.3 Å². The van der Waals surface area contributed by atoms with Gasteiger partial charge in [0, 0.05) is 24.4 Å². The fourth-order valence-electron chi connectivity index (χ4n) is 6.30. The van der Waals surface area contributed by atoms with Crippen LogP contribution >= 0.6 is 0 Å². The quantitative estimate of drug-likeness (QED) is 0.683. The second-order valence-electron chi connectivity index (χ2n) is 9.48. The van der Waals surface area contributed by atoms with Gasteiger partial charge in [0.2, 0.25) is 0 Å². The third-order valence-corrected chi connectivity index (χ3v) is 7.31. The molecule has 0 radical (unpaired) electrons. The largest absolute Gasteiger partial charge is 0.497 e. The highest BCUT2D eigenvalue weighted by Gasteiger charge is 2.54. The Hall–Kier alpha value is -2.60. The lowest BCUT2D eigenvalue weighted by atomic mass is 9.52. The Morgan fingerprint density at radius 3 is 2.70 bits per heavy atom. The SMILES string of the molecule is COc1cccc(Cc2cc(NC3[C@@H]4CC5C[C@H]3CC(O)(C5)C4)c(C(N)=O)cn2)c1. The Morgan fingerprint density at radius 2 is 2.03 bits per heavy atom. The molecular weight excluding hydrogens is 378 g/mol. The number of nitrogens with two attached hydrogens (primary N) is 1. The summed E-state index contributed by atoms with van der Waals surface area (Å²) < 4.78 is 5.32. The lowest BCUT2D eigenvalue weighted by Gasteiger charge is -2.58. The molecule has 3 unspecified atom stereocenters. The predicted octanol–water partition coefficient (Wildman–Crippen LogP) is 3.13. The summed E-state index contributed by atoms with van der Waals surface area (Å²) in [5.41, 5.74) is 8.33. The number of rotatable bonds is 6. The number of carbonyl (C=O) groups is 1. The summed E-state index contributed by atoms with van der Waals surface area (Å²) in [5.74, 6) is 1.86. The first-order valence-corrected chi connectivity index (χ1v) is 10.8. The second-order valence-corrected chi connectivity index (χ2v) is 9.48. The van der Waals surface area contributed by atoms with Crippen molar-refractivity contribution in [3.63, 3.8) is 0 Å². The van der Waals surface area contributed by atoms with Crippen LogP contribution in [-0.2, 0) is 6.42 Å². The van der Waals surface area contributed by atoms with Crippen LogP contribution in [0.4, 0.5) is 5.69 Å². The molecule has 1 aromatic heterocycles. The number of primary amides is 1. The Labute approximate surface area is 176 Å². The summed E-state index contributed by atoms with van der Waals surface area (Å²) in [7, 11) is 1.66. The minimum Gasteiger partial charge on any atom is -0.497 e. The van der Waals surface area contributed by atoms with E-state index >= 15 is 0 Å².